The summed E-state index contributed by atoms with van der Waals surface area (Å²) in [6.07, 6.45) is 76.8. The van der Waals surface area contributed by atoms with Crippen molar-refractivity contribution in [2.75, 3.05) is 13.2 Å². The Bertz CT molecular complexity index is 1100. The predicted octanol–water partition coefficient (Wildman–Crippen LogP) is 21.2. The third kappa shape index (κ3) is 59.7. The van der Waals surface area contributed by atoms with E-state index >= 15 is 0 Å². The lowest BCUT2D eigenvalue weighted by molar-refractivity contribution is -0.143. The number of allylic oxidation sites excluding steroid dienone is 2. The molecule has 0 aliphatic heterocycles. The number of rotatable bonds is 63. The number of aliphatic hydroxyl groups is 2. The molecule has 0 saturated heterocycles. The van der Waals surface area contributed by atoms with Gasteiger partial charge in [-0.1, -0.05) is 328 Å². The maximum absolute atomic E-state index is 12.5. The van der Waals surface area contributed by atoms with E-state index in [0.29, 0.717) is 25.9 Å². The van der Waals surface area contributed by atoms with Gasteiger partial charge in [-0.3, -0.25) is 9.59 Å². The van der Waals surface area contributed by atoms with Gasteiger partial charge in [-0.2, -0.15) is 0 Å². The van der Waals surface area contributed by atoms with Crippen LogP contribution in [0.1, 0.15) is 380 Å². The average Bonchev–Trinajstić information content (AvgIpc) is 3.39. The summed E-state index contributed by atoms with van der Waals surface area (Å²) >= 11 is 0. The summed E-state index contributed by atoms with van der Waals surface area (Å²) in [5.41, 5.74) is 0. The second-order valence-corrected chi connectivity index (χ2v) is 23.2. The highest BCUT2D eigenvalue weighted by atomic mass is 16.5. The topological polar surface area (TPSA) is 95.9 Å². The maximum Gasteiger partial charge on any atom is 0.305 e. The van der Waals surface area contributed by atoms with E-state index in [0.717, 1.165) is 44.9 Å². The van der Waals surface area contributed by atoms with E-state index in [1.165, 1.54) is 302 Å². The Morgan fingerprint density at radius 1 is 0.370 bits per heavy atom. The van der Waals surface area contributed by atoms with Crippen molar-refractivity contribution in [1.29, 1.82) is 0 Å². The summed E-state index contributed by atoms with van der Waals surface area (Å²) in [7, 11) is 0. The zero-order valence-electron chi connectivity index (χ0n) is 49.6. The SMILES string of the molecule is CCCCCCCCC/C=C\CCCCCCCC(=O)OCCCCCCCCCCCCCCCCCCCCCCCCCCCCCC(=O)NC(CO)C(O)CCCCCCCCCCCCCCC. The van der Waals surface area contributed by atoms with Gasteiger partial charge < -0.3 is 20.3 Å². The van der Waals surface area contributed by atoms with E-state index in [-0.39, 0.29) is 18.5 Å². The van der Waals surface area contributed by atoms with Crippen LogP contribution in [0.3, 0.4) is 0 Å². The second-order valence-electron chi connectivity index (χ2n) is 23.2. The van der Waals surface area contributed by atoms with Gasteiger partial charge in [0.15, 0.2) is 0 Å². The smallest absolute Gasteiger partial charge is 0.305 e. The number of esters is 1. The molecule has 0 aromatic rings. The third-order valence-corrected chi connectivity index (χ3v) is 15.8. The maximum atomic E-state index is 12.5. The monoisotopic (exact) mass is 1030 g/mol. The van der Waals surface area contributed by atoms with Crippen molar-refractivity contribution in [1.82, 2.24) is 5.32 Å². The molecule has 2 unspecified atom stereocenters. The molecule has 0 rings (SSSR count). The van der Waals surface area contributed by atoms with Gasteiger partial charge in [-0.05, 0) is 51.4 Å². The van der Waals surface area contributed by atoms with Crippen molar-refractivity contribution >= 4 is 11.9 Å². The van der Waals surface area contributed by atoms with Gasteiger partial charge in [0.25, 0.3) is 0 Å². The Kier molecular flexibility index (Phi) is 61.9. The first-order valence-electron chi connectivity index (χ1n) is 33.4. The Morgan fingerprint density at radius 3 is 0.973 bits per heavy atom. The zero-order chi connectivity index (χ0) is 52.9. The lowest BCUT2D eigenvalue weighted by Gasteiger charge is -2.22. The van der Waals surface area contributed by atoms with Crippen molar-refractivity contribution in [3.05, 3.63) is 12.2 Å². The van der Waals surface area contributed by atoms with E-state index in [2.05, 4.69) is 31.3 Å². The van der Waals surface area contributed by atoms with Crippen LogP contribution in [-0.2, 0) is 14.3 Å². The molecule has 0 saturated carbocycles. The van der Waals surface area contributed by atoms with Gasteiger partial charge in [-0.25, -0.2) is 0 Å². The quantitative estimate of drug-likeness (QED) is 0.0320. The Hall–Kier alpha value is -1.40. The van der Waals surface area contributed by atoms with E-state index in [4.69, 9.17) is 4.74 Å². The van der Waals surface area contributed by atoms with Crippen LogP contribution in [0.4, 0.5) is 0 Å². The van der Waals surface area contributed by atoms with Crippen LogP contribution in [0.5, 0.6) is 0 Å². The van der Waals surface area contributed by atoms with E-state index in [1.807, 2.05) is 0 Å². The highest BCUT2D eigenvalue weighted by Gasteiger charge is 2.20. The van der Waals surface area contributed by atoms with E-state index in [1.54, 1.807) is 0 Å². The number of ether oxygens (including phenoxy) is 1. The summed E-state index contributed by atoms with van der Waals surface area (Å²) in [6, 6.07) is -0.538. The van der Waals surface area contributed by atoms with E-state index in [9.17, 15) is 19.8 Å². The number of hydrogen-bond acceptors (Lipinski definition) is 5. The first-order chi connectivity index (χ1) is 36.0. The Labute approximate surface area is 457 Å². The number of carbonyl (C=O) groups excluding carboxylic acids is 2. The molecule has 0 fully saturated rings. The van der Waals surface area contributed by atoms with Crippen LogP contribution >= 0.6 is 0 Å². The molecule has 73 heavy (non-hydrogen) atoms. The summed E-state index contributed by atoms with van der Waals surface area (Å²) < 4.78 is 5.49. The van der Waals surface area contributed by atoms with Gasteiger partial charge in [-0.15, -0.1) is 0 Å². The van der Waals surface area contributed by atoms with Crippen LogP contribution in [0.15, 0.2) is 12.2 Å². The van der Waals surface area contributed by atoms with Gasteiger partial charge in [0.05, 0.1) is 25.4 Å². The van der Waals surface area contributed by atoms with Crippen LogP contribution in [0, 0.1) is 0 Å². The van der Waals surface area contributed by atoms with Gasteiger partial charge in [0, 0.05) is 12.8 Å². The molecule has 6 nitrogen and oxygen atoms in total. The summed E-state index contributed by atoms with van der Waals surface area (Å²) in [5.74, 6) is -0.0187. The summed E-state index contributed by atoms with van der Waals surface area (Å²) in [5, 5.41) is 23.3. The molecule has 0 aromatic heterocycles. The predicted molar refractivity (Wildman–Crippen MR) is 320 cm³/mol. The molecule has 0 aliphatic carbocycles. The van der Waals surface area contributed by atoms with Gasteiger partial charge >= 0.3 is 5.97 Å². The molecule has 2 atom stereocenters. The van der Waals surface area contributed by atoms with Crippen molar-refractivity contribution in [2.45, 2.75) is 392 Å². The van der Waals surface area contributed by atoms with Crippen LogP contribution in [0.25, 0.3) is 0 Å². The normalized spacial score (nSPS) is 12.5. The van der Waals surface area contributed by atoms with Gasteiger partial charge in [0.2, 0.25) is 5.91 Å². The third-order valence-electron chi connectivity index (χ3n) is 15.8. The number of nitrogens with one attached hydrogen (secondary N) is 1. The molecule has 1 amide bonds. The highest BCUT2D eigenvalue weighted by molar-refractivity contribution is 5.76. The molecule has 0 aromatic carbocycles. The molecule has 6 heteroatoms. The fourth-order valence-electron chi connectivity index (χ4n) is 10.7. The molecule has 0 radical (unpaired) electrons. The first-order valence-corrected chi connectivity index (χ1v) is 33.4. The number of carbonyl (C=O) groups is 2. The molecule has 0 heterocycles. The van der Waals surface area contributed by atoms with Crippen LogP contribution in [0.2, 0.25) is 0 Å². The summed E-state index contributed by atoms with van der Waals surface area (Å²) in [6.45, 7) is 4.98. The Morgan fingerprint density at radius 2 is 0.644 bits per heavy atom. The van der Waals surface area contributed by atoms with Crippen LogP contribution < -0.4 is 5.32 Å². The van der Waals surface area contributed by atoms with Gasteiger partial charge in [0.1, 0.15) is 0 Å². The van der Waals surface area contributed by atoms with Crippen molar-refractivity contribution in [3.63, 3.8) is 0 Å². The number of amides is 1. The number of hydrogen-bond donors (Lipinski definition) is 3. The standard InChI is InChI=1S/C67H131NO5/c1-3-5-7-9-11-13-15-17-18-33-37-41-45-49-53-57-61-67(72)73-62-58-54-50-46-42-38-34-31-29-27-25-23-21-19-20-22-24-26-28-30-32-36-40-44-48-52-56-60-66(71)68-64(63-69)65(70)59-55-51-47-43-39-35-16-14-12-10-8-6-4-2/h18,33,64-65,69-70H,3-17,19-32,34-63H2,1-2H3,(H,68,71)/b33-18-. The zero-order valence-corrected chi connectivity index (χ0v) is 49.6. The molecular formula is C67H131NO5. The molecular weight excluding hydrogens is 899 g/mol. The largest absolute Gasteiger partial charge is 0.466 e. The summed E-state index contributed by atoms with van der Waals surface area (Å²) in [4.78, 5) is 24.6. The minimum absolute atomic E-state index is 0.0115. The minimum atomic E-state index is -0.661. The highest BCUT2D eigenvalue weighted by Crippen LogP contribution is 2.19. The molecule has 0 spiro atoms. The fraction of sp³-hybridized carbons (Fsp3) is 0.940. The lowest BCUT2D eigenvalue weighted by Crippen LogP contribution is -2.45. The molecule has 0 aliphatic rings. The first kappa shape index (κ1) is 71.6. The minimum Gasteiger partial charge on any atom is -0.466 e. The number of unbranched alkanes of at least 4 members (excludes halogenated alkanes) is 50. The van der Waals surface area contributed by atoms with E-state index < -0.39 is 12.1 Å². The lowest BCUT2D eigenvalue weighted by atomic mass is 10.0. The fourth-order valence-corrected chi connectivity index (χ4v) is 10.7. The van der Waals surface area contributed by atoms with Crippen molar-refractivity contribution < 1.29 is 24.5 Å². The molecule has 3 N–H and O–H groups in total. The number of aliphatic hydroxyl groups excluding tert-OH is 2. The molecule has 0 bridgehead atoms. The van der Waals surface area contributed by atoms with Crippen molar-refractivity contribution in [3.8, 4) is 0 Å². The molecule has 434 valence electrons. The Balaban J connectivity index is 3.32. The van der Waals surface area contributed by atoms with Crippen LogP contribution in [-0.4, -0.2) is 47.4 Å². The van der Waals surface area contributed by atoms with Crippen molar-refractivity contribution in [2.24, 2.45) is 0 Å². The average molecular weight is 1030 g/mol. The second kappa shape index (κ2) is 63.1.